The molecule has 0 bridgehead atoms. The first kappa shape index (κ1) is 23.9. The van der Waals surface area contributed by atoms with Crippen LogP contribution in [0.25, 0.3) is 0 Å². The number of benzene rings is 1. The third-order valence-electron chi connectivity index (χ3n) is 6.68. The minimum absolute atomic E-state index is 0.0393. The molecule has 0 radical (unpaired) electrons. The van der Waals surface area contributed by atoms with Gasteiger partial charge in [-0.3, -0.25) is 19.4 Å². The van der Waals surface area contributed by atoms with E-state index in [0.29, 0.717) is 12.0 Å². The normalized spacial score (nSPS) is 21.5. The number of aromatic nitrogens is 1. The molecule has 1 fully saturated rings. The standard InChI is InChI=1S/C27H34N4O3/c1-16(2)13-22-25(32)30-23(21-14-19-7-5-6-8-20(19)15-21)27(34)31(22)24(26(33)29-17(3)4)18-9-11-28-12-10-18/h5-12,16-17,21-24H,13-15H2,1-4H3,(H,29,33)(H,30,32)/t22?,23-,24?/m1/s1. The Bertz CT molecular complexity index is 1030. The van der Waals surface area contributed by atoms with Crippen molar-refractivity contribution in [3.05, 3.63) is 65.5 Å². The van der Waals surface area contributed by atoms with Crippen molar-refractivity contribution in [3.8, 4) is 0 Å². The molecule has 34 heavy (non-hydrogen) atoms. The van der Waals surface area contributed by atoms with Gasteiger partial charge in [0, 0.05) is 18.4 Å². The number of fused-ring (bicyclic) bond motifs is 1. The number of nitrogens with one attached hydrogen (secondary N) is 2. The van der Waals surface area contributed by atoms with Crippen LogP contribution in [0.2, 0.25) is 0 Å². The largest absolute Gasteiger partial charge is 0.352 e. The van der Waals surface area contributed by atoms with E-state index in [1.165, 1.54) is 11.1 Å². The fourth-order valence-corrected chi connectivity index (χ4v) is 5.22. The Morgan fingerprint density at radius 1 is 1.06 bits per heavy atom. The SMILES string of the molecule is CC(C)CC1C(=O)N[C@H](C2Cc3ccccc3C2)C(=O)N1C(C(=O)NC(C)C)c1ccncc1. The summed E-state index contributed by atoms with van der Waals surface area (Å²) in [5, 5.41) is 6.00. The first-order valence-corrected chi connectivity index (χ1v) is 12.2. The van der Waals surface area contributed by atoms with E-state index in [0.717, 1.165) is 12.8 Å². The number of hydrogen-bond donors (Lipinski definition) is 2. The number of piperazine rings is 1. The van der Waals surface area contributed by atoms with Crippen molar-refractivity contribution in [3.63, 3.8) is 0 Å². The third-order valence-corrected chi connectivity index (χ3v) is 6.68. The second-order valence-electron chi connectivity index (χ2n) is 10.2. The lowest BCUT2D eigenvalue weighted by atomic mass is 9.88. The van der Waals surface area contributed by atoms with Crippen LogP contribution in [-0.4, -0.2) is 45.7 Å². The molecule has 1 aromatic heterocycles. The number of nitrogens with zero attached hydrogens (tertiary/aromatic N) is 2. The van der Waals surface area contributed by atoms with Gasteiger partial charge in [0.05, 0.1) is 0 Å². The van der Waals surface area contributed by atoms with E-state index in [-0.39, 0.29) is 35.6 Å². The Labute approximate surface area is 201 Å². The van der Waals surface area contributed by atoms with Crippen LogP contribution in [0.15, 0.2) is 48.8 Å². The summed E-state index contributed by atoms with van der Waals surface area (Å²) in [4.78, 5) is 46.7. The summed E-state index contributed by atoms with van der Waals surface area (Å²) >= 11 is 0. The Morgan fingerprint density at radius 3 is 2.24 bits per heavy atom. The molecular formula is C27H34N4O3. The van der Waals surface area contributed by atoms with Crippen molar-refractivity contribution in [2.24, 2.45) is 11.8 Å². The maximum atomic E-state index is 14.1. The Hall–Kier alpha value is -3.22. The lowest BCUT2D eigenvalue weighted by Gasteiger charge is -2.45. The minimum Gasteiger partial charge on any atom is -0.352 e. The highest BCUT2D eigenvalue weighted by molar-refractivity contribution is 6.00. The smallest absolute Gasteiger partial charge is 0.247 e. The van der Waals surface area contributed by atoms with Gasteiger partial charge in [0.15, 0.2) is 0 Å². The van der Waals surface area contributed by atoms with E-state index >= 15 is 0 Å². The fraction of sp³-hybridized carbons (Fsp3) is 0.481. The van der Waals surface area contributed by atoms with E-state index in [1.807, 2.05) is 39.8 Å². The Morgan fingerprint density at radius 2 is 1.68 bits per heavy atom. The summed E-state index contributed by atoms with van der Waals surface area (Å²) in [6.07, 6.45) is 5.16. The molecule has 2 heterocycles. The number of rotatable bonds is 7. The number of pyridine rings is 1. The predicted molar refractivity (Wildman–Crippen MR) is 130 cm³/mol. The first-order chi connectivity index (χ1) is 16.3. The number of carbonyl (C=O) groups is 3. The highest BCUT2D eigenvalue weighted by atomic mass is 16.2. The summed E-state index contributed by atoms with van der Waals surface area (Å²) in [6.45, 7) is 7.81. The van der Waals surface area contributed by atoms with Gasteiger partial charge in [-0.25, -0.2) is 0 Å². The average Bonchev–Trinajstić information content (AvgIpc) is 3.22. The molecule has 1 saturated heterocycles. The van der Waals surface area contributed by atoms with Crippen molar-refractivity contribution in [2.75, 3.05) is 0 Å². The molecule has 2 N–H and O–H groups in total. The van der Waals surface area contributed by atoms with Crippen LogP contribution in [0.4, 0.5) is 0 Å². The fourth-order valence-electron chi connectivity index (χ4n) is 5.22. The topological polar surface area (TPSA) is 91.4 Å². The number of hydrogen-bond acceptors (Lipinski definition) is 4. The van der Waals surface area contributed by atoms with Crippen molar-refractivity contribution in [1.29, 1.82) is 0 Å². The highest BCUT2D eigenvalue weighted by Crippen LogP contribution is 2.35. The molecule has 2 aliphatic rings. The summed E-state index contributed by atoms with van der Waals surface area (Å²) in [7, 11) is 0. The van der Waals surface area contributed by atoms with Gasteiger partial charge in [0.2, 0.25) is 17.7 Å². The monoisotopic (exact) mass is 462 g/mol. The van der Waals surface area contributed by atoms with Crippen LogP contribution in [0.1, 0.15) is 56.8 Å². The minimum atomic E-state index is -0.904. The van der Waals surface area contributed by atoms with E-state index in [4.69, 9.17) is 0 Å². The number of carbonyl (C=O) groups excluding carboxylic acids is 3. The molecule has 3 atom stereocenters. The molecule has 1 aliphatic heterocycles. The zero-order chi connectivity index (χ0) is 24.4. The highest BCUT2D eigenvalue weighted by Gasteiger charge is 2.49. The van der Waals surface area contributed by atoms with Crippen LogP contribution in [0.3, 0.4) is 0 Å². The van der Waals surface area contributed by atoms with E-state index in [1.54, 1.807) is 29.4 Å². The van der Waals surface area contributed by atoms with Crippen LogP contribution < -0.4 is 10.6 Å². The number of amides is 3. The Kier molecular flexibility index (Phi) is 7.00. The van der Waals surface area contributed by atoms with Gasteiger partial charge < -0.3 is 15.5 Å². The molecular weight excluding hydrogens is 428 g/mol. The van der Waals surface area contributed by atoms with Gasteiger partial charge in [0.1, 0.15) is 18.1 Å². The van der Waals surface area contributed by atoms with Gasteiger partial charge >= 0.3 is 0 Å². The molecule has 0 spiro atoms. The summed E-state index contributed by atoms with van der Waals surface area (Å²) in [5.41, 5.74) is 3.08. The second kappa shape index (κ2) is 9.95. The van der Waals surface area contributed by atoms with Crippen LogP contribution >= 0.6 is 0 Å². The molecule has 7 heteroatoms. The maximum Gasteiger partial charge on any atom is 0.247 e. The molecule has 2 unspecified atom stereocenters. The van der Waals surface area contributed by atoms with Gasteiger partial charge in [-0.1, -0.05) is 38.1 Å². The lowest BCUT2D eigenvalue weighted by molar-refractivity contribution is -0.158. The molecule has 180 valence electrons. The van der Waals surface area contributed by atoms with Crippen LogP contribution in [-0.2, 0) is 27.2 Å². The molecule has 3 amide bonds. The van der Waals surface area contributed by atoms with Gasteiger partial charge in [0.25, 0.3) is 0 Å². The summed E-state index contributed by atoms with van der Waals surface area (Å²) < 4.78 is 0. The summed E-state index contributed by atoms with van der Waals surface area (Å²) in [6, 6.07) is 9.27. The van der Waals surface area contributed by atoms with Crippen LogP contribution in [0, 0.1) is 11.8 Å². The summed E-state index contributed by atoms with van der Waals surface area (Å²) in [5.74, 6) is -0.534. The van der Waals surface area contributed by atoms with Crippen LogP contribution in [0.5, 0.6) is 0 Å². The maximum absolute atomic E-state index is 14.1. The van der Waals surface area contributed by atoms with E-state index in [2.05, 4.69) is 27.8 Å². The molecule has 7 nitrogen and oxygen atoms in total. The average molecular weight is 463 g/mol. The van der Waals surface area contributed by atoms with Crippen molar-refractivity contribution in [2.45, 2.75) is 71.1 Å². The van der Waals surface area contributed by atoms with Crippen molar-refractivity contribution >= 4 is 17.7 Å². The van der Waals surface area contributed by atoms with Crippen molar-refractivity contribution < 1.29 is 14.4 Å². The lowest BCUT2D eigenvalue weighted by Crippen LogP contribution is -2.67. The Balaban J connectivity index is 1.73. The van der Waals surface area contributed by atoms with Gasteiger partial charge in [-0.2, -0.15) is 0 Å². The van der Waals surface area contributed by atoms with Gasteiger partial charge in [-0.15, -0.1) is 0 Å². The zero-order valence-electron chi connectivity index (χ0n) is 20.3. The second-order valence-corrected chi connectivity index (χ2v) is 10.2. The van der Waals surface area contributed by atoms with E-state index in [9.17, 15) is 14.4 Å². The van der Waals surface area contributed by atoms with Crippen molar-refractivity contribution in [1.82, 2.24) is 20.5 Å². The predicted octanol–water partition coefficient (Wildman–Crippen LogP) is 2.80. The quantitative estimate of drug-likeness (QED) is 0.662. The first-order valence-electron chi connectivity index (χ1n) is 12.2. The third kappa shape index (κ3) is 4.83. The zero-order valence-corrected chi connectivity index (χ0v) is 20.3. The molecule has 2 aromatic rings. The molecule has 4 rings (SSSR count). The molecule has 1 aliphatic carbocycles. The van der Waals surface area contributed by atoms with E-state index < -0.39 is 18.1 Å². The molecule has 0 saturated carbocycles. The van der Waals surface area contributed by atoms with Gasteiger partial charge in [-0.05, 0) is 73.8 Å². The molecule has 1 aromatic carbocycles.